The number of nitrogens with zero attached hydrogens (tertiary/aromatic N) is 3. The standard InChI is InChI=1S/3CNO.K.Ni/c3*2-1-3;;/q3*-1;+1;+2. The van der Waals surface area contributed by atoms with Gasteiger partial charge in [0.1, 0.15) is 0 Å². The molecule has 0 N–H and O–H groups in total. The predicted molar refractivity (Wildman–Crippen MR) is 27.2 cm³/mol. The average Bonchev–Trinajstić information content (AvgIpc) is 1.70. The Balaban J connectivity index is -0.0000000150. The molecule has 0 aromatic heterocycles. The quantitative estimate of drug-likeness (QED) is 0.243. The number of hydrogen-bond donors (Lipinski definition) is 0. The molecule has 0 heterocycles. The SMILES string of the molecule is [K+].[N-]=C=O.[N-]=C=O.[N-]=C=O.[Ni+2]. The summed E-state index contributed by atoms with van der Waals surface area (Å²) in [6, 6.07) is 0. The minimum absolute atomic E-state index is 0. The molecule has 11 heavy (non-hydrogen) atoms. The van der Waals surface area contributed by atoms with Crippen LogP contribution in [-0.4, -0.2) is 18.2 Å². The summed E-state index contributed by atoms with van der Waals surface area (Å²) in [6.45, 7) is 0. The number of isocyanates is 3. The van der Waals surface area contributed by atoms with Crippen molar-refractivity contribution in [2.45, 2.75) is 0 Å². The topological polar surface area (TPSA) is 118 Å². The molecule has 0 radical (unpaired) electrons. The van der Waals surface area contributed by atoms with Gasteiger partial charge in [-0.1, -0.05) is 0 Å². The maximum Gasteiger partial charge on any atom is 2.00 e. The van der Waals surface area contributed by atoms with Crippen molar-refractivity contribution >= 4 is 18.2 Å². The first-order chi connectivity index (χ1) is 4.24. The second kappa shape index (κ2) is 82.5. The van der Waals surface area contributed by atoms with E-state index in [-0.39, 0.29) is 67.9 Å². The second-order valence-corrected chi connectivity index (χ2v) is 0.274. The molecule has 0 spiro atoms. The van der Waals surface area contributed by atoms with Crippen molar-refractivity contribution in [3.8, 4) is 0 Å². The number of hydrogen-bond acceptors (Lipinski definition) is 3. The molecule has 0 aliphatic rings. The third-order valence-corrected chi connectivity index (χ3v) is 0. The molecule has 0 atom stereocenters. The third kappa shape index (κ3) is 9640. The summed E-state index contributed by atoms with van der Waals surface area (Å²) in [6.07, 6.45) is 1.50. The van der Waals surface area contributed by atoms with Crippen molar-refractivity contribution < 1.29 is 82.3 Å². The van der Waals surface area contributed by atoms with Crippen molar-refractivity contribution in [2.75, 3.05) is 0 Å². The zero-order valence-electron chi connectivity index (χ0n) is 5.38. The largest absolute Gasteiger partial charge is 2.00 e. The summed E-state index contributed by atoms with van der Waals surface area (Å²) >= 11 is 0. The van der Waals surface area contributed by atoms with Crippen LogP contribution in [0.15, 0.2) is 0 Å². The Morgan fingerprint density at radius 1 is 0.727 bits per heavy atom. The van der Waals surface area contributed by atoms with Gasteiger partial charge in [0.05, 0.1) is 0 Å². The van der Waals surface area contributed by atoms with Crippen LogP contribution in [0.4, 0.5) is 0 Å². The Morgan fingerprint density at radius 2 is 0.727 bits per heavy atom. The van der Waals surface area contributed by atoms with Crippen LogP contribution in [0, 0.1) is 0 Å². The molecule has 56 valence electrons. The van der Waals surface area contributed by atoms with Crippen molar-refractivity contribution in [1.82, 2.24) is 0 Å². The van der Waals surface area contributed by atoms with Crippen LogP contribution in [0.3, 0.4) is 0 Å². The van der Waals surface area contributed by atoms with Gasteiger partial charge in [0, 0.05) is 0 Å². The minimum Gasteiger partial charge on any atom is -0.724 e. The van der Waals surface area contributed by atoms with E-state index in [9.17, 15) is 0 Å². The van der Waals surface area contributed by atoms with Gasteiger partial charge in [0.2, 0.25) is 0 Å². The summed E-state index contributed by atoms with van der Waals surface area (Å²) < 4.78 is 0. The Labute approximate surface area is 115 Å². The first kappa shape index (κ1) is 30.2. The molecule has 0 fully saturated rings. The number of rotatable bonds is 0. The van der Waals surface area contributed by atoms with Gasteiger partial charge in [-0.05, 0) is 18.2 Å². The fraction of sp³-hybridized carbons (Fsp3) is 0. The first-order valence-corrected chi connectivity index (χ1v) is 1.28. The van der Waals surface area contributed by atoms with Gasteiger partial charge >= 0.3 is 67.9 Å². The van der Waals surface area contributed by atoms with Crippen LogP contribution < -0.4 is 51.4 Å². The third-order valence-electron chi connectivity index (χ3n) is 0. The van der Waals surface area contributed by atoms with Crippen molar-refractivity contribution in [3.05, 3.63) is 16.2 Å². The summed E-state index contributed by atoms with van der Waals surface area (Å²) in [5.74, 6) is 0. The summed E-state index contributed by atoms with van der Waals surface area (Å²) in [7, 11) is 0. The van der Waals surface area contributed by atoms with E-state index in [0.717, 1.165) is 0 Å². The molecule has 8 heteroatoms. The molecule has 0 bridgehead atoms. The van der Waals surface area contributed by atoms with Crippen LogP contribution in [0.1, 0.15) is 0 Å². The van der Waals surface area contributed by atoms with Gasteiger partial charge in [-0.3, -0.25) is 14.4 Å². The smallest absolute Gasteiger partial charge is 0.724 e. The molecule has 0 aromatic rings. The van der Waals surface area contributed by atoms with E-state index < -0.39 is 0 Å². The van der Waals surface area contributed by atoms with Crippen LogP contribution in [-0.2, 0) is 30.9 Å². The molecular weight excluding hydrogens is 224 g/mol. The summed E-state index contributed by atoms with van der Waals surface area (Å²) in [4.78, 5) is 24.7. The molecule has 0 aliphatic heterocycles. The monoisotopic (exact) mass is 223 g/mol. The molecule has 0 unspecified atom stereocenters. The Morgan fingerprint density at radius 3 is 0.727 bits per heavy atom. The molecule has 0 saturated heterocycles. The fourth-order valence-corrected chi connectivity index (χ4v) is 0. The van der Waals surface area contributed by atoms with E-state index in [4.69, 9.17) is 30.6 Å². The van der Waals surface area contributed by atoms with Gasteiger partial charge in [0.15, 0.2) is 0 Å². The molecule has 0 saturated carbocycles. The fourth-order valence-electron chi connectivity index (χ4n) is 0. The molecular formula is C3KN3NiO3. The van der Waals surface area contributed by atoms with Crippen LogP contribution >= 0.6 is 0 Å². The summed E-state index contributed by atoms with van der Waals surface area (Å²) in [5, 5.41) is 20.3. The van der Waals surface area contributed by atoms with Crippen molar-refractivity contribution in [3.63, 3.8) is 0 Å². The zero-order valence-corrected chi connectivity index (χ0v) is 9.49. The molecule has 0 amide bonds. The van der Waals surface area contributed by atoms with Gasteiger partial charge in [0.25, 0.3) is 0 Å². The first-order valence-electron chi connectivity index (χ1n) is 1.28. The van der Waals surface area contributed by atoms with E-state index in [2.05, 4.69) is 0 Å². The normalized spacial score (nSPS) is 2.18. The zero-order chi connectivity index (χ0) is 8.12. The van der Waals surface area contributed by atoms with Gasteiger partial charge in [-0.15, -0.1) is 0 Å². The van der Waals surface area contributed by atoms with Crippen molar-refractivity contribution in [2.24, 2.45) is 0 Å². The van der Waals surface area contributed by atoms with Gasteiger partial charge in [-0.25, -0.2) is 0 Å². The van der Waals surface area contributed by atoms with E-state index in [0.29, 0.717) is 18.2 Å². The van der Waals surface area contributed by atoms with E-state index in [1.165, 1.54) is 0 Å². The van der Waals surface area contributed by atoms with Gasteiger partial charge in [-0.2, -0.15) is 0 Å². The maximum absolute atomic E-state index is 8.24. The Kier molecular flexibility index (Phi) is 227. The minimum atomic E-state index is 0. The van der Waals surface area contributed by atoms with Crippen LogP contribution in [0.5, 0.6) is 0 Å². The molecule has 0 aromatic carbocycles. The number of carbonyl (C=O) groups excluding carboxylic acids is 3. The molecule has 0 aliphatic carbocycles. The van der Waals surface area contributed by atoms with Crippen LogP contribution in [0.25, 0.3) is 16.2 Å². The maximum atomic E-state index is 8.24. The van der Waals surface area contributed by atoms with E-state index in [1.54, 1.807) is 0 Å². The summed E-state index contributed by atoms with van der Waals surface area (Å²) in [5.41, 5.74) is 0. The van der Waals surface area contributed by atoms with Crippen molar-refractivity contribution in [1.29, 1.82) is 0 Å². The second-order valence-electron chi connectivity index (χ2n) is 0.274. The molecule has 6 nitrogen and oxygen atoms in total. The predicted octanol–water partition coefficient (Wildman–Crippen LogP) is -3.32. The molecule has 0 rings (SSSR count). The Bertz CT molecular complexity index is 115. The van der Waals surface area contributed by atoms with Gasteiger partial charge < -0.3 is 16.2 Å². The van der Waals surface area contributed by atoms with E-state index in [1.807, 2.05) is 0 Å². The van der Waals surface area contributed by atoms with Crippen LogP contribution in [0.2, 0.25) is 0 Å². The van der Waals surface area contributed by atoms with E-state index >= 15 is 0 Å². The Hall–Kier alpha value is 0.270. The average molecular weight is 224 g/mol.